The number of benzene rings is 2. The Bertz CT molecular complexity index is 867. The minimum absolute atomic E-state index is 0.0403. The van der Waals surface area contributed by atoms with Crippen molar-refractivity contribution >= 4 is 11.9 Å². The minimum Gasteiger partial charge on any atom is -0.196 e. The summed E-state index contributed by atoms with van der Waals surface area (Å²) >= 11 is 0. The van der Waals surface area contributed by atoms with Crippen molar-refractivity contribution in [2.24, 2.45) is 0 Å². The second-order valence-electron chi connectivity index (χ2n) is 10.4. The molecule has 0 aromatic heterocycles. The molecule has 0 amide bonds. The Hall–Kier alpha value is -1.89. The highest BCUT2D eigenvalue weighted by atomic mass is 15.1. The number of nitrogens with zero attached hydrogens (tertiary/aromatic N) is 1. The first-order valence-corrected chi connectivity index (χ1v) is 10.8. The Morgan fingerprint density at radius 3 is 1.79 bits per heavy atom. The molecule has 0 aliphatic carbocycles. The Morgan fingerprint density at radius 1 is 0.821 bits per heavy atom. The van der Waals surface area contributed by atoms with E-state index in [1.54, 1.807) is 0 Å². The molecule has 0 fully saturated rings. The normalized spacial score (nSPS) is 21.5. The van der Waals surface area contributed by atoms with Crippen LogP contribution in [0.5, 0.6) is 0 Å². The summed E-state index contributed by atoms with van der Waals surface area (Å²) in [7, 11) is 0. The van der Waals surface area contributed by atoms with Crippen LogP contribution in [0.15, 0.2) is 36.4 Å². The molecule has 0 saturated heterocycles. The van der Waals surface area contributed by atoms with Gasteiger partial charge in [-0.05, 0) is 38.2 Å². The zero-order valence-corrected chi connectivity index (χ0v) is 19.4. The summed E-state index contributed by atoms with van der Waals surface area (Å²) in [6, 6.07) is 13.9. The molecule has 1 aliphatic heterocycles. The van der Waals surface area contributed by atoms with Gasteiger partial charge in [0.2, 0.25) is 5.69 Å². The van der Waals surface area contributed by atoms with E-state index >= 15 is 0 Å². The molecule has 0 unspecified atom stereocenters. The largest absolute Gasteiger partial charge is 0.212 e. The van der Waals surface area contributed by atoms with Crippen LogP contribution in [0, 0.1) is 13.8 Å². The Labute approximate surface area is 172 Å². The third-order valence-corrected chi connectivity index (χ3v) is 6.33. The van der Waals surface area contributed by atoms with Gasteiger partial charge in [-0.2, -0.15) is 4.58 Å². The quantitative estimate of drug-likeness (QED) is 0.489. The summed E-state index contributed by atoms with van der Waals surface area (Å²) in [6.45, 7) is 20.9. The van der Waals surface area contributed by atoms with Crippen LogP contribution in [-0.2, 0) is 5.41 Å². The molecule has 0 spiro atoms. The molecule has 150 valence electrons. The van der Waals surface area contributed by atoms with Gasteiger partial charge in [-0.15, -0.1) is 0 Å². The van der Waals surface area contributed by atoms with E-state index in [0.29, 0.717) is 11.8 Å². The van der Waals surface area contributed by atoms with Crippen LogP contribution in [0.4, 0.5) is 5.69 Å². The predicted molar refractivity (Wildman–Crippen MR) is 123 cm³/mol. The van der Waals surface area contributed by atoms with Crippen LogP contribution < -0.4 is 0 Å². The Balaban J connectivity index is 2.26. The van der Waals surface area contributed by atoms with Crippen LogP contribution >= 0.6 is 0 Å². The van der Waals surface area contributed by atoms with Crippen LogP contribution in [0.25, 0.3) is 0 Å². The summed E-state index contributed by atoms with van der Waals surface area (Å²) in [5.74, 6) is 1.01. The standard InChI is InChI=1S/C27H38N/c1-18(2)23-11-10-12-24(19(3)4)25(23)28-17-27(9,16-26(28,7)8)22-14-20(5)13-21(6)15-22/h10-15,17-19H,16H2,1-9H3/q+1/t27-/m1/s1. The average molecular weight is 377 g/mol. The van der Waals surface area contributed by atoms with E-state index in [9.17, 15) is 0 Å². The van der Waals surface area contributed by atoms with Crippen molar-refractivity contribution in [1.82, 2.24) is 0 Å². The van der Waals surface area contributed by atoms with E-state index in [1.165, 1.54) is 33.5 Å². The first kappa shape index (κ1) is 20.8. The summed E-state index contributed by atoms with van der Waals surface area (Å²) < 4.78 is 2.61. The van der Waals surface area contributed by atoms with E-state index in [4.69, 9.17) is 0 Å². The molecule has 1 heterocycles. The van der Waals surface area contributed by atoms with Crippen molar-refractivity contribution in [3.05, 3.63) is 64.2 Å². The number of aryl methyl sites for hydroxylation is 2. The molecule has 1 atom stereocenters. The van der Waals surface area contributed by atoms with Crippen molar-refractivity contribution in [3.63, 3.8) is 0 Å². The lowest BCUT2D eigenvalue weighted by Crippen LogP contribution is -2.31. The van der Waals surface area contributed by atoms with Crippen LogP contribution in [0.3, 0.4) is 0 Å². The van der Waals surface area contributed by atoms with E-state index in [2.05, 4.69) is 110 Å². The Morgan fingerprint density at radius 2 is 1.32 bits per heavy atom. The van der Waals surface area contributed by atoms with Gasteiger partial charge in [-0.25, -0.2) is 0 Å². The summed E-state index contributed by atoms with van der Waals surface area (Å²) in [5, 5.41) is 0. The molecule has 3 rings (SSSR count). The lowest BCUT2D eigenvalue weighted by Gasteiger charge is -2.25. The highest BCUT2D eigenvalue weighted by Crippen LogP contribution is 2.45. The predicted octanol–water partition coefficient (Wildman–Crippen LogP) is 7.41. The van der Waals surface area contributed by atoms with Gasteiger partial charge in [0.05, 0.1) is 5.41 Å². The molecule has 0 bridgehead atoms. The van der Waals surface area contributed by atoms with Gasteiger partial charge in [0.15, 0.2) is 11.8 Å². The second-order valence-corrected chi connectivity index (χ2v) is 10.4. The highest BCUT2D eigenvalue weighted by Gasteiger charge is 2.50. The maximum absolute atomic E-state index is 2.61. The number of rotatable bonds is 4. The fraction of sp³-hybridized carbons (Fsp3) is 0.519. The lowest BCUT2D eigenvalue weighted by atomic mass is 9.76. The van der Waals surface area contributed by atoms with Crippen molar-refractivity contribution in [2.75, 3.05) is 0 Å². The zero-order chi connectivity index (χ0) is 20.9. The molecule has 2 aromatic rings. The van der Waals surface area contributed by atoms with Crippen LogP contribution in [0.1, 0.15) is 94.5 Å². The van der Waals surface area contributed by atoms with Gasteiger partial charge in [-0.1, -0.05) is 75.2 Å². The lowest BCUT2D eigenvalue weighted by molar-refractivity contribution is -0.513. The molecule has 0 saturated carbocycles. The van der Waals surface area contributed by atoms with Crippen LogP contribution in [-0.4, -0.2) is 16.3 Å². The molecule has 1 aliphatic rings. The molecule has 28 heavy (non-hydrogen) atoms. The van der Waals surface area contributed by atoms with Crippen molar-refractivity contribution < 1.29 is 4.58 Å². The number of para-hydroxylation sites is 1. The van der Waals surface area contributed by atoms with E-state index in [1.807, 2.05) is 0 Å². The van der Waals surface area contributed by atoms with E-state index in [0.717, 1.165) is 6.42 Å². The highest BCUT2D eigenvalue weighted by molar-refractivity contribution is 5.74. The molecule has 1 heteroatoms. The van der Waals surface area contributed by atoms with Gasteiger partial charge in [0.1, 0.15) is 0 Å². The van der Waals surface area contributed by atoms with Gasteiger partial charge in [0.25, 0.3) is 0 Å². The zero-order valence-electron chi connectivity index (χ0n) is 19.4. The third-order valence-electron chi connectivity index (χ3n) is 6.33. The van der Waals surface area contributed by atoms with Crippen molar-refractivity contribution in [3.8, 4) is 0 Å². The molecule has 1 nitrogen and oxygen atoms in total. The monoisotopic (exact) mass is 376 g/mol. The molecule has 0 N–H and O–H groups in total. The average Bonchev–Trinajstić information content (AvgIpc) is 2.83. The molecular weight excluding hydrogens is 338 g/mol. The van der Waals surface area contributed by atoms with Crippen LogP contribution in [0.2, 0.25) is 0 Å². The van der Waals surface area contributed by atoms with E-state index in [-0.39, 0.29) is 11.0 Å². The van der Waals surface area contributed by atoms with Gasteiger partial charge >= 0.3 is 0 Å². The minimum atomic E-state index is 0.0403. The van der Waals surface area contributed by atoms with Gasteiger partial charge < -0.3 is 0 Å². The summed E-state index contributed by atoms with van der Waals surface area (Å²) in [5.41, 5.74) is 8.61. The summed E-state index contributed by atoms with van der Waals surface area (Å²) in [4.78, 5) is 0. The fourth-order valence-electron chi connectivity index (χ4n) is 5.13. The maximum Gasteiger partial charge on any atom is 0.212 e. The number of hydrogen-bond donors (Lipinski definition) is 0. The van der Waals surface area contributed by atoms with Gasteiger partial charge in [0, 0.05) is 31.4 Å². The third kappa shape index (κ3) is 3.69. The van der Waals surface area contributed by atoms with Crippen molar-refractivity contribution in [2.45, 2.75) is 91.5 Å². The second kappa shape index (κ2) is 7.17. The molecule has 2 aromatic carbocycles. The Kier molecular flexibility index (Phi) is 5.34. The molecular formula is C27H38N+. The smallest absolute Gasteiger partial charge is 0.196 e. The topological polar surface area (TPSA) is 3.01 Å². The molecule has 0 radical (unpaired) electrons. The summed E-state index contributed by atoms with van der Waals surface area (Å²) in [6.07, 6.45) is 3.64. The first-order valence-electron chi connectivity index (χ1n) is 10.8. The van der Waals surface area contributed by atoms with Crippen molar-refractivity contribution in [1.29, 1.82) is 0 Å². The van der Waals surface area contributed by atoms with Gasteiger partial charge in [-0.3, -0.25) is 0 Å². The fourth-order valence-corrected chi connectivity index (χ4v) is 5.13. The van der Waals surface area contributed by atoms with E-state index < -0.39 is 0 Å². The number of hydrogen-bond acceptors (Lipinski definition) is 0. The SMILES string of the molecule is Cc1cc(C)cc([C@@]2(C)C=[N+](c3c(C(C)C)cccc3C(C)C)C(C)(C)C2)c1. The first-order chi connectivity index (χ1) is 12.9. The maximum atomic E-state index is 2.61.